The lowest BCUT2D eigenvalue weighted by Gasteiger charge is -2.29. The minimum Gasteiger partial charge on any atom is -0.493 e. The minimum absolute atomic E-state index is 0.0684. The zero-order valence-corrected chi connectivity index (χ0v) is 17.2. The molecule has 0 saturated carbocycles. The van der Waals surface area contributed by atoms with Crippen molar-refractivity contribution in [2.45, 2.75) is 25.5 Å². The second kappa shape index (κ2) is 10.7. The van der Waals surface area contributed by atoms with E-state index in [0.717, 1.165) is 11.1 Å². The number of amides is 2. The summed E-state index contributed by atoms with van der Waals surface area (Å²) < 4.78 is 15.8. The van der Waals surface area contributed by atoms with Crippen LogP contribution in [-0.4, -0.2) is 38.3 Å². The van der Waals surface area contributed by atoms with Crippen LogP contribution in [0.5, 0.6) is 11.5 Å². The molecule has 0 saturated heterocycles. The van der Waals surface area contributed by atoms with Crippen LogP contribution in [-0.2, 0) is 22.6 Å². The van der Waals surface area contributed by atoms with Gasteiger partial charge in [0.1, 0.15) is 18.7 Å². The molecule has 0 heterocycles. The van der Waals surface area contributed by atoms with Gasteiger partial charge in [0.25, 0.3) is 0 Å². The van der Waals surface area contributed by atoms with Gasteiger partial charge in [-0.2, -0.15) is 5.26 Å². The smallest absolute Gasteiger partial charge is 0.408 e. The van der Waals surface area contributed by atoms with Crippen molar-refractivity contribution >= 4 is 12.0 Å². The molecule has 0 spiro atoms. The third kappa shape index (κ3) is 6.14. The van der Waals surface area contributed by atoms with Crippen molar-refractivity contribution < 1.29 is 23.8 Å². The van der Waals surface area contributed by atoms with Crippen molar-refractivity contribution in [3.05, 3.63) is 59.7 Å². The Balaban J connectivity index is 2.17. The molecule has 0 aliphatic heterocycles. The average Bonchev–Trinajstić information content (AvgIpc) is 2.76. The molecular formula is C22H25N3O5. The Kier molecular flexibility index (Phi) is 8.06. The number of methoxy groups -OCH3 is 2. The van der Waals surface area contributed by atoms with Crippen LogP contribution >= 0.6 is 0 Å². The molecule has 8 heteroatoms. The number of hydrogen-bond acceptors (Lipinski definition) is 6. The topological polar surface area (TPSA) is 110 Å². The zero-order chi connectivity index (χ0) is 22.0. The van der Waals surface area contributed by atoms with E-state index in [2.05, 4.69) is 10.6 Å². The van der Waals surface area contributed by atoms with Gasteiger partial charge in [-0.15, -0.1) is 0 Å². The van der Waals surface area contributed by atoms with Gasteiger partial charge < -0.3 is 24.8 Å². The lowest BCUT2D eigenvalue weighted by atomic mass is 9.91. The predicted octanol–water partition coefficient (Wildman–Crippen LogP) is 2.57. The molecule has 158 valence electrons. The second-order valence-electron chi connectivity index (χ2n) is 6.73. The SMILES string of the molecule is COc1ccc(CC(C)(NC(=O)OCc2ccccc2)C(=O)NCC#N)cc1OC. The Morgan fingerprint density at radius 2 is 1.73 bits per heavy atom. The Morgan fingerprint density at radius 3 is 2.37 bits per heavy atom. The third-order valence-corrected chi connectivity index (χ3v) is 4.43. The summed E-state index contributed by atoms with van der Waals surface area (Å²) in [7, 11) is 3.04. The lowest BCUT2D eigenvalue weighted by Crippen LogP contribution is -2.58. The van der Waals surface area contributed by atoms with Crippen molar-refractivity contribution in [2.24, 2.45) is 0 Å². The molecule has 1 unspecified atom stereocenters. The van der Waals surface area contributed by atoms with Crippen LogP contribution in [0.15, 0.2) is 48.5 Å². The molecule has 2 rings (SSSR count). The summed E-state index contributed by atoms with van der Waals surface area (Å²) >= 11 is 0. The highest BCUT2D eigenvalue weighted by molar-refractivity contribution is 5.90. The van der Waals surface area contributed by atoms with Crippen molar-refractivity contribution in [2.75, 3.05) is 20.8 Å². The van der Waals surface area contributed by atoms with Crippen LogP contribution in [0.4, 0.5) is 4.79 Å². The van der Waals surface area contributed by atoms with Gasteiger partial charge in [-0.1, -0.05) is 36.4 Å². The van der Waals surface area contributed by atoms with Gasteiger partial charge in [0.15, 0.2) is 11.5 Å². The number of benzene rings is 2. The molecule has 0 radical (unpaired) electrons. The molecule has 0 fully saturated rings. The largest absolute Gasteiger partial charge is 0.493 e. The van der Waals surface area contributed by atoms with Gasteiger partial charge in [0.2, 0.25) is 5.91 Å². The van der Waals surface area contributed by atoms with Crippen molar-refractivity contribution in [3.63, 3.8) is 0 Å². The highest BCUT2D eigenvalue weighted by atomic mass is 16.5. The number of ether oxygens (including phenoxy) is 3. The Bertz CT molecular complexity index is 911. The molecule has 0 aliphatic carbocycles. The molecule has 30 heavy (non-hydrogen) atoms. The number of nitrogens with zero attached hydrogens (tertiary/aromatic N) is 1. The summed E-state index contributed by atoms with van der Waals surface area (Å²) in [6.07, 6.45) is -0.598. The summed E-state index contributed by atoms with van der Waals surface area (Å²) in [5, 5.41) is 13.9. The van der Waals surface area contributed by atoms with Crippen LogP contribution in [0.2, 0.25) is 0 Å². The maximum atomic E-state index is 12.7. The van der Waals surface area contributed by atoms with Gasteiger partial charge in [0.05, 0.1) is 20.3 Å². The van der Waals surface area contributed by atoms with Gasteiger partial charge in [-0.05, 0) is 30.2 Å². The fraction of sp³-hybridized carbons (Fsp3) is 0.318. The van der Waals surface area contributed by atoms with Crippen LogP contribution in [0, 0.1) is 11.3 Å². The third-order valence-electron chi connectivity index (χ3n) is 4.43. The van der Waals surface area contributed by atoms with E-state index in [-0.39, 0.29) is 19.6 Å². The molecule has 0 bridgehead atoms. The molecule has 2 aromatic rings. The van der Waals surface area contributed by atoms with E-state index < -0.39 is 17.5 Å². The molecule has 8 nitrogen and oxygen atoms in total. The first kappa shape index (κ1) is 22.6. The van der Waals surface area contributed by atoms with Crippen LogP contribution in [0.25, 0.3) is 0 Å². The highest BCUT2D eigenvalue weighted by Gasteiger charge is 2.36. The quantitative estimate of drug-likeness (QED) is 0.614. The number of carbonyl (C=O) groups is 2. The van der Waals surface area contributed by atoms with E-state index in [1.807, 2.05) is 36.4 Å². The number of carbonyl (C=O) groups excluding carboxylic acids is 2. The van der Waals surface area contributed by atoms with Crippen molar-refractivity contribution in [1.82, 2.24) is 10.6 Å². The monoisotopic (exact) mass is 411 g/mol. The summed E-state index contributed by atoms with van der Waals surface area (Å²) in [4.78, 5) is 25.1. The van der Waals surface area contributed by atoms with Gasteiger partial charge in [-0.3, -0.25) is 4.79 Å². The number of alkyl carbamates (subject to hydrolysis) is 1. The van der Waals surface area contributed by atoms with Crippen LogP contribution in [0.3, 0.4) is 0 Å². The summed E-state index contributed by atoms with van der Waals surface area (Å²) in [6.45, 7) is 1.46. The highest BCUT2D eigenvalue weighted by Crippen LogP contribution is 2.29. The van der Waals surface area contributed by atoms with Gasteiger partial charge in [-0.25, -0.2) is 4.79 Å². The second-order valence-corrected chi connectivity index (χ2v) is 6.73. The summed E-state index contributed by atoms with van der Waals surface area (Å²) in [6, 6.07) is 16.3. The molecule has 0 aliphatic rings. The maximum Gasteiger partial charge on any atom is 0.408 e. The maximum absolute atomic E-state index is 12.7. The summed E-state index contributed by atoms with van der Waals surface area (Å²) in [5.41, 5.74) is 0.193. The standard InChI is InChI=1S/C22H25N3O5/c1-22(20(26)24-12-11-23,14-17-9-10-18(28-2)19(13-17)29-3)25-21(27)30-15-16-7-5-4-6-8-16/h4-10,13H,12,14-15H2,1-3H3,(H,24,26)(H,25,27). The Hall–Kier alpha value is -3.73. The normalized spacial score (nSPS) is 12.1. The molecule has 2 aromatic carbocycles. The average molecular weight is 411 g/mol. The van der Waals surface area contributed by atoms with E-state index in [4.69, 9.17) is 19.5 Å². The van der Waals surface area contributed by atoms with E-state index in [0.29, 0.717) is 11.5 Å². The Morgan fingerprint density at radius 1 is 1.03 bits per heavy atom. The van der Waals surface area contributed by atoms with Crippen molar-refractivity contribution in [1.29, 1.82) is 5.26 Å². The van der Waals surface area contributed by atoms with Gasteiger partial charge in [0, 0.05) is 6.42 Å². The zero-order valence-electron chi connectivity index (χ0n) is 17.2. The molecule has 1 atom stereocenters. The summed E-state index contributed by atoms with van der Waals surface area (Å²) in [5.74, 6) is 0.545. The first-order chi connectivity index (χ1) is 14.4. The number of rotatable bonds is 9. The van der Waals surface area contributed by atoms with Crippen LogP contribution in [0.1, 0.15) is 18.1 Å². The van der Waals surface area contributed by atoms with Gasteiger partial charge >= 0.3 is 6.09 Å². The van der Waals surface area contributed by atoms with E-state index >= 15 is 0 Å². The van der Waals surface area contributed by atoms with Crippen LogP contribution < -0.4 is 20.1 Å². The molecule has 2 amide bonds. The fourth-order valence-electron chi connectivity index (χ4n) is 2.88. The molecule has 0 aromatic heterocycles. The first-order valence-corrected chi connectivity index (χ1v) is 9.27. The van der Waals surface area contributed by atoms with Crippen molar-refractivity contribution in [3.8, 4) is 17.6 Å². The van der Waals surface area contributed by atoms with E-state index in [1.54, 1.807) is 25.1 Å². The minimum atomic E-state index is -1.36. The van der Waals surface area contributed by atoms with E-state index in [1.165, 1.54) is 14.2 Å². The number of hydrogen-bond donors (Lipinski definition) is 2. The predicted molar refractivity (Wildman–Crippen MR) is 110 cm³/mol. The lowest BCUT2D eigenvalue weighted by molar-refractivity contribution is -0.126. The van der Waals surface area contributed by atoms with E-state index in [9.17, 15) is 9.59 Å². The molecular weight excluding hydrogens is 386 g/mol. The molecule has 2 N–H and O–H groups in total. The fourth-order valence-corrected chi connectivity index (χ4v) is 2.88. The number of nitriles is 1. The number of nitrogens with one attached hydrogen (secondary N) is 2. The Labute approximate surface area is 175 Å². The first-order valence-electron chi connectivity index (χ1n) is 9.27.